The Kier molecular flexibility index (Phi) is 0.703. The molecule has 0 fully saturated rings. The molecule has 0 amide bonds. The molecule has 0 radical (unpaired) electrons. The van der Waals surface area contributed by atoms with Crippen molar-refractivity contribution in [1.29, 1.82) is 0 Å². The molecule has 0 aliphatic heterocycles. The van der Waals surface area contributed by atoms with Crippen molar-refractivity contribution in [2.24, 2.45) is 0 Å². The first-order valence-corrected chi connectivity index (χ1v) is 2.96. The van der Waals surface area contributed by atoms with Crippen LogP contribution in [0.4, 0.5) is 4.39 Å². The highest BCUT2D eigenvalue weighted by Gasteiger charge is 2.23. The van der Waals surface area contributed by atoms with Crippen LogP contribution in [0.3, 0.4) is 0 Å². The highest BCUT2D eigenvalue weighted by Crippen LogP contribution is 2.35. The van der Waals surface area contributed by atoms with Gasteiger partial charge < -0.3 is 0 Å². The van der Waals surface area contributed by atoms with E-state index in [9.17, 15) is 4.39 Å². The molecule has 1 aromatic carbocycles. The van der Waals surface area contributed by atoms with Gasteiger partial charge >= 0.3 is 0 Å². The Hall–Kier alpha value is -0.850. The van der Waals surface area contributed by atoms with E-state index in [-0.39, 0.29) is 0 Å². The summed E-state index contributed by atoms with van der Waals surface area (Å²) in [6.45, 7) is 0. The van der Waals surface area contributed by atoms with Crippen LogP contribution in [0.2, 0.25) is 0 Å². The number of hydrogen-bond donors (Lipinski definition) is 0. The summed E-state index contributed by atoms with van der Waals surface area (Å²) in [7, 11) is 0. The predicted octanol–water partition coefficient (Wildman–Crippen LogP) is 2.25. The van der Waals surface area contributed by atoms with Gasteiger partial charge in [0, 0.05) is 7.77 Å². The molecular formula is C8H7F. The maximum atomic E-state index is 12.7. The number of halogens is 1. The maximum absolute atomic E-state index is 12.7. The van der Waals surface area contributed by atoms with Gasteiger partial charge in [-0.05, 0) is 11.1 Å². The Morgan fingerprint density at radius 1 is 1.56 bits per heavy atom. The van der Waals surface area contributed by atoms with Crippen molar-refractivity contribution in [2.75, 3.05) is 0 Å². The van der Waals surface area contributed by atoms with Crippen LogP contribution < -0.4 is 0 Å². The van der Waals surface area contributed by atoms with E-state index in [1.54, 1.807) is 12.1 Å². The zero-order valence-electron chi connectivity index (χ0n) is 5.84. The summed E-state index contributed by atoms with van der Waals surface area (Å²) >= 11 is 0. The van der Waals surface area contributed by atoms with Crippen LogP contribution >= 0.6 is 0 Å². The first-order valence-electron chi connectivity index (χ1n) is 3.53. The van der Waals surface area contributed by atoms with Crippen LogP contribution in [-0.2, 0) is 6.40 Å². The zero-order valence-corrected chi connectivity index (χ0v) is 4.84. The second-order valence-electron chi connectivity index (χ2n) is 2.20. The van der Waals surface area contributed by atoms with Crippen molar-refractivity contribution in [2.45, 2.75) is 12.6 Å². The van der Waals surface area contributed by atoms with Crippen molar-refractivity contribution in [3.63, 3.8) is 0 Å². The van der Waals surface area contributed by atoms with Gasteiger partial charge in [-0.25, -0.2) is 4.39 Å². The Morgan fingerprint density at radius 2 is 2.33 bits per heavy atom. The van der Waals surface area contributed by atoms with Crippen LogP contribution in [0, 0.1) is 0 Å². The predicted molar refractivity (Wildman–Crippen MR) is 34.0 cm³/mol. The number of hydrogen-bond acceptors (Lipinski definition) is 0. The Labute approximate surface area is 54.7 Å². The van der Waals surface area contributed by atoms with Gasteiger partial charge in [0.1, 0.15) is 6.17 Å². The third-order valence-corrected chi connectivity index (χ3v) is 1.62. The van der Waals surface area contributed by atoms with E-state index < -0.39 is 12.6 Å². The molecule has 46 valence electrons. The van der Waals surface area contributed by atoms with Gasteiger partial charge in [0.25, 0.3) is 0 Å². The standard InChI is InChI=1S/C8H7F/c9-8-5-6-3-1-2-4-7(6)8/h1-4,8H,5H2/t8-/m0/s1/i5D/t5-,8+/m1. The molecule has 1 aliphatic carbocycles. The minimum Gasteiger partial charge on any atom is -0.242 e. The summed E-state index contributed by atoms with van der Waals surface area (Å²) in [5, 5.41) is 0. The van der Waals surface area contributed by atoms with Crippen LogP contribution in [0.5, 0.6) is 0 Å². The second-order valence-corrected chi connectivity index (χ2v) is 2.20. The molecule has 0 spiro atoms. The Bertz CT molecular complexity index is 232. The van der Waals surface area contributed by atoms with Gasteiger partial charge in [-0.15, -0.1) is 0 Å². The summed E-state index contributed by atoms with van der Waals surface area (Å²) in [6, 6.07) is 7.19. The summed E-state index contributed by atoms with van der Waals surface area (Å²) in [4.78, 5) is 0. The summed E-state index contributed by atoms with van der Waals surface area (Å²) < 4.78 is 19.9. The number of alkyl halides is 1. The van der Waals surface area contributed by atoms with E-state index >= 15 is 0 Å². The lowest BCUT2D eigenvalue weighted by Crippen LogP contribution is -2.11. The third kappa shape index (κ3) is 0.576. The van der Waals surface area contributed by atoms with Gasteiger partial charge in [-0.2, -0.15) is 0 Å². The van der Waals surface area contributed by atoms with Gasteiger partial charge in [0.15, 0.2) is 0 Å². The van der Waals surface area contributed by atoms with E-state index in [4.69, 9.17) is 1.37 Å². The van der Waals surface area contributed by atoms with Crippen LogP contribution in [-0.4, -0.2) is 0 Å². The molecule has 0 N–H and O–H groups in total. The topological polar surface area (TPSA) is 0 Å². The molecule has 1 aliphatic rings. The van der Waals surface area contributed by atoms with Crippen molar-refractivity contribution in [1.82, 2.24) is 0 Å². The smallest absolute Gasteiger partial charge is 0.129 e. The van der Waals surface area contributed by atoms with Crippen molar-refractivity contribution in [3.8, 4) is 0 Å². The Balaban J connectivity index is 2.50. The lowest BCUT2D eigenvalue weighted by Gasteiger charge is -2.22. The molecule has 0 aromatic heterocycles. The lowest BCUT2D eigenvalue weighted by molar-refractivity contribution is 0.306. The quantitative estimate of drug-likeness (QED) is 0.496. The monoisotopic (exact) mass is 123 g/mol. The minimum atomic E-state index is -1.05. The largest absolute Gasteiger partial charge is 0.242 e. The fourth-order valence-electron chi connectivity index (χ4n) is 1.07. The maximum Gasteiger partial charge on any atom is 0.129 e. The second kappa shape index (κ2) is 1.56. The molecule has 9 heavy (non-hydrogen) atoms. The molecule has 0 saturated carbocycles. The number of rotatable bonds is 0. The van der Waals surface area contributed by atoms with Crippen LogP contribution in [0.25, 0.3) is 0 Å². The fraction of sp³-hybridized carbons (Fsp3) is 0.250. The summed E-state index contributed by atoms with van der Waals surface area (Å²) in [5.74, 6) is 0. The van der Waals surface area contributed by atoms with Crippen LogP contribution in [0.15, 0.2) is 24.3 Å². The van der Waals surface area contributed by atoms with E-state index in [0.717, 1.165) is 5.56 Å². The van der Waals surface area contributed by atoms with E-state index in [1.165, 1.54) is 0 Å². The lowest BCUT2D eigenvalue weighted by atomic mass is 9.87. The normalized spacial score (nSPS) is 32.3. The highest BCUT2D eigenvalue weighted by molar-refractivity contribution is 5.37. The van der Waals surface area contributed by atoms with Crippen molar-refractivity contribution >= 4 is 0 Å². The van der Waals surface area contributed by atoms with Gasteiger partial charge in [-0.3, -0.25) is 0 Å². The fourth-order valence-corrected chi connectivity index (χ4v) is 1.07. The van der Waals surface area contributed by atoms with Gasteiger partial charge in [0.05, 0.1) is 0 Å². The number of fused-ring (bicyclic) bond motifs is 1. The first-order chi connectivity index (χ1) is 4.80. The highest BCUT2D eigenvalue weighted by atomic mass is 19.1. The SMILES string of the molecule is [2H][C@@H]1c2ccccc2[C@H]1F. The summed E-state index contributed by atoms with van der Waals surface area (Å²) in [6.07, 6.45) is -1.67. The molecule has 2 rings (SSSR count). The molecule has 0 heterocycles. The van der Waals surface area contributed by atoms with E-state index in [0.29, 0.717) is 5.56 Å². The molecule has 0 saturated heterocycles. The van der Waals surface area contributed by atoms with Crippen molar-refractivity contribution in [3.05, 3.63) is 35.4 Å². The van der Waals surface area contributed by atoms with Gasteiger partial charge in [0.2, 0.25) is 0 Å². The number of benzene rings is 1. The molecule has 2 atom stereocenters. The molecule has 1 heteroatoms. The molecule has 0 nitrogen and oxygen atoms in total. The zero-order chi connectivity index (χ0) is 7.14. The molecular weight excluding hydrogens is 115 g/mol. The minimum absolute atomic E-state index is 0.629. The van der Waals surface area contributed by atoms with E-state index in [1.807, 2.05) is 12.1 Å². The average molecular weight is 123 g/mol. The van der Waals surface area contributed by atoms with Gasteiger partial charge in [-0.1, -0.05) is 24.3 Å². The van der Waals surface area contributed by atoms with Crippen molar-refractivity contribution < 1.29 is 5.76 Å². The molecule has 1 aromatic rings. The molecule has 0 unspecified atom stereocenters. The summed E-state index contributed by atoms with van der Waals surface area (Å²) in [5.41, 5.74) is 1.54. The van der Waals surface area contributed by atoms with E-state index in [2.05, 4.69) is 0 Å². The first kappa shape index (κ1) is 4.04. The Morgan fingerprint density at radius 3 is 3.11 bits per heavy atom. The third-order valence-electron chi connectivity index (χ3n) is 1.62. The molecule has 0 bridgehead atoms. The average Bonchev–Trinajstić information content (AvgIpc) is 2.03. The van der Waals surface area contributed by atoms with Crippen LogP contribution in [0.1, 0.15) is 18.7 Å².